The molecule has 2 aromatic heterocycles. The number of nitrogens with one attached hydrogen (secondary N) is 1. The van der Waals surface area contributed by atoms with Gasteiger partial charge in [-0.2, -0.15) is 20.8 Å². The summed E-state index contributed by atoms with van der Waals surface area (Å²) >= 11 is 0. The largest absolute Gasteiger partial charge is 2.00 e. The molecule has 0 amide bonds. The zero-order chi connectivity index (χ0) is 13.1. The van der Waals surface area contributed by atoms with Crippen LogP contribution in [0.5, 0.6) is 0 Å². The number of fused-ring (bicyclic) bond motifs is 1. The molecule has 0 fully saturated rings. The Morgan fingerprint density at radius 1 is 1.22 bits per heavy atom. The van der Waals surface area contributed by atoms with Crippen molar-refractivity contribution in [3.05, 3.63) is 24.1 Å². The third-order valence-corrected chi connectivity index (χ3v) is 1.79. The Kier molecular flexibility index (Phi) is 6.69. The van der Waals surface area contributed by atoms with Gasteiger partial charge in [-0.25, -0.2) is 5.10 Å². The molecule has 0 radical (unpaired) electrons. The Bertz CT molecular complexity index is 468. The van der Waals surface area contributed by atoms with Crippen LogP contribution in [0.25, 0.3) is 11.0 Å². The molecule has 0 saturated heterocycles. The summed E-state index contributed by atoms with van der Waals surface area (Å²) in [5.41, 5.74) is 0.704. The molecule has 0 bridgehead atoms. The first kappa shape index (κ1) is 17.2. The summed E-state index contributed by atoms with van der Waals surface area (Å²) in [4.78, 5) is 8.50. The second-order valence-corrected chi connectivity index (χ2v) is 5.54. The Morgan fingerprint density at radius 2 is 1.78 bits per heavy atom. The van der Waals surface area contributed by atoms with Gasteiger partial charge in [-0.05, 0) is 17.8 Å². The van der Waals surface area contributed by atoms with Gasteiger partial charge < -0.3 is 21.0 Å². The van der Waals surface area contributed by atoms with Gasteiger partial charge in [0.05, 0.1) is 11.5 Å². The zero-order valence-corrected chi connectivity index (χ0v) is 14.8. The summed E-state index contributed by atoms with van der Waals surface area (Å²) in [6.07, 6.45) is 4.57. The Balaban J connectivity index is 0.000000512. The van der Waals surface area contributed by atoms with Crippen LogP contribution in [0.15, 0.2) is 6.20 Å². The van der Waals surface area contributed by atoms with Gasteiger partial charge >= 0.3 is 21.1 Å². The third kappa shape index (κ3) is 5.26. The summed E-state index contributed by atoms with van der Waals surface area (Å²) in [5.74, 6) is 2.20. The predicted molar refractivity (Wildman–Crippen MR) is 69.5 cm³/mol. The Labute approximate surface area is 123 Å². The number of hydrogen-bond acceptors (Lipinski definition) is 3. The number of nitrogens with zero attached hydrogens (tertiary/aromatic N) is 3. The molecule has 0 atom stereocenters. The zero-order valence-electron chi connectivity index (χ0n) is 11.8. The predicted octanol–water partition coefficient (Wildman–Crippen LogP) is 3.07. The van der Waals surface area contributed by atoms with E-state index in [1.54, 1.807) is 6.20 Å². The van der Waals surface area contributed by atoms with Crippen molar-refractivity contribution < 1.29 is 21.1 Å². The van der Waals surface area contributed by atoms with Gasteiger partial charge in [-0.3, -0.25) is 0 Å². The normalized spacial score (nSPS) is 10.8. The van der Waals surface area contributed by atoms with Crippen LogP contribution in [-0.2, 0) is 26.5 Å². The fourth-order valence-electron chi connectivity index (χ4n) is 1.03. The topological polar surface area (TPSA) is 54.5 Å². The molecule has 1 N–H and O–H groups in total. The van der Waals surface area contributed by atoms with E-state index in [4.69, 9.17) is 0 Å². The smallest absolute Gasteiger partial charge is 0.338 e. The molecule has 2 heterocycles. The monoisotopic (exact) mass is 416 g/mol. The molecule has 0 aliphatic heterocycles. The van der Waals surface area contributed by atoms with Crippen LogP contribution in [0.3, 0.4) is 0 Å². The number of aromatic nitrogens is 4. The molecule has 4 nitrogen and oxygen atoms in total. The summed E-state index contributed by atoms with van der Waals surface area (Å²) in [6.45, 7) is 12.5. The van der Waals surface area contributed by atoms with Gasteiger partial charge in [0.1, 0.15) is 0 Å². The maximum absolute atomic E-state index is 4.35. The third-order valence-electron chi connectivity index (χ3n) is 1.79. The summed E-state index contributed by atoms with van der Waals surface area (Å²) in [6, 6.07) is 0. The average Bonchev–Trinajstić information content (AvgIpc) is 2.61. The fourth-order valence-corrected chi connectivity index (χ4v) is 1.03. The van der Waals surface area contributed by atoms with E-state index in [-0.39, 0.29) is 26.5 Å². The van der Waals surface area contributed by atoms with E-state index < -0.39 is 0 Å². The number of hydrogen-bond donors (Lipinski definition) is 1. The van der Waals surface area contributed by atoms with E-state index in [1.165, 1.54) is 5.92 Å². The molecular formula is C13H20N4W. The van der Waals surface area contributed by atoms with Crippen LogP contribution in [0.1, 0.15) is 47.4 Å². The maximum Gasteiger partial charge on any atom is 2.00 e. The standard InChI is InChI=1S/C9H11N4.C4H9.W/c1-9(2,3)8-10-4-6-5-11-13-7(6)12-8;1-4(2)3;/h5H,1-3H3,(H,10,11,12,13);1-3H3;/q2*-1;+2. The van der Waals surface area contributed by atoms with Crippen molar-refractivity contribution in [3.63, 3.8) is 0 Å². The van der Waals surface area contributed by atoms with Gasteiger partial charge in [-0.15, -0.1) is 0 Å². The van der Waals surface area contributed by atoms with Crippen molar-refractivity contribution in [1.82, 2.24) is 20.2 Å². The molecule has 0 spiro atoms. The number of rotatable bonds is 0. The van der Waals surface area contributed by atoms with Gasteiger partial charge in [0, 0.05) is 0 Å². The van der Waals surface area contributed by atoms with Crippen molar-refractivity contribution in [1.29, 1.82) is 0 Å². The van der Waals surface area contributed by atoms with Crippen LogP contribution in [0.4, 0.5) is 0 Å². The molecule has 98 valence electrons. The summed E-state index contributed by atoms with van der Waals surface area (Å²) < 4.78 is 0. The van der Waals surface area contributed by atoms with E-state index >= 15 is 0 Å². The summed E-state index contributed by atoms with van der Waals surface area (Å²) in [5, 5.41) is 7.49. The van der Waals surface area contributed by atoms with Crippen LogP contribution in [0.2, 0.25) is 0 Å². The van der Waals surface area contributed by atoms with Crippen LogP contribution < -0.4 is 0 Å². The first-order valence-electron chi connectivity index (χ1n) is 5.66. The van der Waals surface area contributed by atoms with Gasteiger partial charge in [0.2, 0.25) is 0 Å². The molecule has 2 aromatic rings. The minimum Gasteiger partial charge on any atom is -0.338 e. The van der Waals surface area contributed by atoms with Gasteiger partial charge in [0.25, 0.3) is 0 Å². The van der Waals surface area contributed by atoms with E-state index in [0.29, 0.717) is 0 Å². The fraction of sp³-hybridized carbons (Fsp3) is 0.538. The molecule has 0 saturated carbocycles. The van der Waals surface area contributed by atoms with Crippen molar-refractivity contribution in [2.45, 2.75) is 47.0 Å². The molecule has 0 aliphatic rings. The molecule has 18 heavy (non-hydrogen) atoms. The van der Waals surface area contributed by atoms with Crippen molar-refractivity contribution in [3.8, 4) is 0 Å². The first-order valence-corrected chi connectivity index (χ1v) is 5.66. The number of aromatic amines is 1. The Morgan fingerprint density at radius 3 is 2.28 bits per heavy atom. The molecule has 0 aliphatic carbocycles. The van der Waals surface area contributed by atoms with Crippen molar-refractivity contribution >= 4 is 11.0 Å². The minimum absolute atomic E-state index is 0. The van der Waals surface area contributed by atoms with E-state index in [9.17, 15) is 0 Å². The van der Waals surface area contributed by atoms with Gasteiger partial charge in [-0.1, -0.05) is 26.2 Å². The second-order valence-electron chi connectivity index (χ2n) is 5.54. The van der Waals surface area contributed by atoms with Crippen LogP contribution >= 0.6 is 0 Å². The van der Waals surface area contributed by atoms with E-state index in [0.717, 1.165) is 16.9 Å². The quantitative estimate of drug-likeness (QED) is 0.672. The minimum atomic E-state index is -0.0458. The molecule has 0 unspecified atom stereocenters. The van der Waals surface area contributed by atoms with Gasteiger partial charge in [0.15, 0.2) is 0 Å². The van der Waals surface area contributed by atoms with E-state index in [2.05, 4.69) is 67.9 Å². The van der Waals surface area contributed by atoms with Crippen LogP contribution in [-0.4, -0.2) is 20.2 Å². The SMILES string of the molecule is CC(C)(C)c1n[c-]c2cn[nH]c2n1.C[C-](C)C.[W+2]. The first-order chi connectivity index (χ1) is 7.80. The van der Waals surface area contributed by atoms with Crippen molar-refractivity contribution in [2.75, 3.05) is 0 Å². The second kappa shape index (κ2) is 6.98. The van der Waals surface area contributed by atoms with Crippen LogP contribution in [0, 0.1) is 12.1 Å². The van der Waals surface area contributed by atoms with E-state index in [1.807, 2.05) is 0 Å². The molecule has 2 rings (SSSR count). The van der Waals surface area contributed by atoms with Crippen molar-refractivity contribution in [2.24, 2.45) is 0 Å². The Hall–Kier alpha value is -0.762. The molecule has 0 aromatic carbocycles. The molecular weight excluding hydrogens is 396 g/mol. The number of H-pyrrole nitrogens is 1. The molecule has 5 heteroatoms. The average molecular weight is 416 g/mol. The summed E-state index contributed by atoms with van der Waals surface area (Å²) in [7, 11) is 0. The maximum atomic E-state index is 4.35.